The van der Waals surface area contributed by atoms with E-state index in [0.717, 1.165) is 16.5 Å². The van der Waals surface area contributed by atoms with Gasteiger partial charge < -0.3 is 14.9 Å². The second kappa shape index (κ2) is 7.88. The van der Waals surface area contributed by atoms with Crippen LogP contribution in [0.25, 0.3) is 10.8 Å². The van der Waals surface area contributed by atoms with E-state index < -0.39 is 12.1 Å². The van der Waals surface area contributed by atoms with Gasteiger partial charge in [-0.3, -0.25) is 0 Å². The van der Waals surface area contributed by atoms with Crippen molar-refractivity contribution in [1.29, 1.82) is 0 Å². The van der Waals surface area contributed by atoms with Crippen LogP contribution in [-0.2, 0) is 9.53 Å². The predicted octanol–water partition coefficient (Wildman–Crippen LogP) is 5.16. The average molecular weight is 340 g/mol. The highest BCUT2D eigenvalue weighted by Crippen LogP contribution is 2.34. The Bertz CT molecular complexity index is 838. The van der Waals surface area contributed by atoms with Gasteiger partial charge in [0.05, 0.1) is 0 Å². The summed E-state index contributed by atoms with van der Waals surface area (Å²) in [6.45, 7) is 7.63. The highest BCUT2D eigenvalue weighted by Gasteiger charge is 2.17. The first-order valence-electron chi connectivity index (χ1n) is 8.21. The van der Waals surface area contributed by atoms with Crippen LogP contribution in [0.5, 0.6) is 11.5 Å². The number of rotatable bonds is 5. The number of carbonyl (C=O) groups is 1. The minimum atomic E-state index is -0.498. The fourth-order valence-corrected chi connectivity index (χ4v) is 2.54. The Morgan fingerprint density at radius 1 is 1.08 bits per heavy atom. The van der Waals surface area contributed by atoms with E-state index in [1.807, 2.05) is 39.8 Å². The molecule has 0 aliphatic rings. The maximum absolute atomic E-state index is 12.1. The number of hydrogen-bond acceptors (Lipinski definition) is 4. The first kappa shape index (κ1) is 18.6. The van der Waals surface area contributed by atoms with Crippen LogP contribution in [0.3, 0.4) is 0 Å². The number of allylic oxidation sites excluding steroid dienone is 2. The molecule has 0 aliphatic carbocycles. The summed E-state index contributed by atoms with van der Waals surface area (Å²) in [5.41, 5.74) is 2.70. The molecule has 0 aliphatic heterocycles. The highest BCUT2D eigenvalue weighted by atomic mass is 16.5. The molecule has 2 aromatic carbocycles. The number of benzene rings is 2. The molecule has 0 fully saturated rings. The Hall–Kier alpha value is -2.75. The molecule has 0 bridgehead atoms. The third kappa shape index (κ3) is 5.11. The van der Waals surface area contributed by atoms with Crippen molar-refractivity contribution >= 4 is 16.7 Å². The summed E-state index contributed by atoms with van der Waals surface area (Å²) in [7, 11) is 0. The van der Waals surface area contributed by atoms with Gasteiger partial charge in [-0.25, -0.2) is 4.79 Å². The summed E-state index contributed by atoms with van der Waals surface area (Å²) in [6, 6.07) is 8.25. The van der Waals surface area contributed by atoms with Crippen molar-refractivity contribution in [2.24, 2.45) is 0 Å². The van der Waals surface area contributed by atoms with Crippen LogP contribution >= 0.6 is 0 Å². The topological polar surface area (TPSA) is 66.8 Å². The number of ether oxygens (including phenoxy) is 1. The molecule has 1 atom stereocenters. The van der Waals surface area contributed by atoms with E-state index in [0.29, 0.717) is 17.4 Å². The third-order valence-corrected chi connectivity index (χ3v) is 3.72. The summed E-state index contributed by atoms with van der Waals surface area (Å²) in [5.74, 6) is -0.270. The lowest BCUT2D eigenvalue weighted by Crippen LogP contribution is -2.09. The largest absolute Gasteiger partial charge is 0.508 e. The van der Waals surface area contributed by atoms with E-state index in [9.17, 15) is 15.0 Å². The summed E-state index contributed by atoms with van der Waals surface area (Å²) in [4.78, 5) is 12.1. The molecule has 2 aromatic rings. The average Bonchev–Trinajstić information content (AvgIpc) is 2.51. The molecule has 0 spiro atoms. The van der Waals surface area contributed by atoms with Crippen LogP contribution in [0.2, 0.25) is 0 Å². The van der Waals surface area contributed by atoms with E-state index in [2.05, 4.69) is 0 Å². The zero-order valence-electron chi connectivity index (χ0n) is 15.0. The number of fused-ring (bicyclic) bond motifs is 1. The SMILES string of the molecule is CC(C)=CC[C@H](OC(=O)C=C(C)C)c1cc(O)c2cc(O)ccc2c1. The van der Waals surface area contributed by atoms with Gasteiger partial charge in [-0.15, -0.1) is 0 Å². The smallest absolute Gasteiger partial charge is 0.331 e. The zero-order valence-corrected chi connectivity index (χ0v) is 15.0. The van der Waals surface area contributed by atoms with Gasteiger partial charge in [0.15, 0.2) is 0 Å². The van der Waals surface area contributed by atoms with Crippen LogP contribution in [0.4, 0.5) is 0 Å². The summed E-state index contributed by atoms with van der Waals surface area (Å²) >= 11 is 0. The predicted molar refractivity (Wildman–Crippen MR) is 99.6 cm³/mol. The van der Waals surface area contributed by atoms with Crippen LogP contribution in [0.1, 0.15) is 45.8 Å². The molecule has 4 heteroatoms. The van der Waals surface area contributed by atoms with E-state index in [1.54, 1.807) is 18.2 Å². The Morgan fingerprint density at radius 2 is 1.80 bits per heavy atom. The number of carbonyl (C=O) groups excluding carboxylic acids is 1. The maximum atomic E-state index is 12.1. The van der Waals surface area contributed by atoms with Crippen molar-refractivity contribution in [2.75, 3.05) is 0 Å². The lowest BCUT2D eigenvalue weighted by Gasteiger charge is -2.18. The van der Waals surface area contributed by atoms with Crippen molar-refractivity contribution in [1.82, 2.24) is 0 Å². The van der Waals surface area contributed by atoms with Gasteiger partial charge in [-0.1, -0.05) is 23.3 Å². The van der Waals surface area contributed by atoms with Gasteiger partial charge in [-0.2, -0.15) is 0 Å². The van der Waals surface area contributed by atoms with Gasteiger partial charge in [0, 0.05) is 17.9 Å². The fraction of sp³-hybridized carbons (Fsp3) is 0.286. The number of phenols is 2. The Balaban J connectivity index is 2.43. The van der Waals surface area contributed by atoms with E-state index in [-0.39, 0.29) is 11.5 Å². The number of aromatic hydroxyl groups is 2. The monoisotopic (exact) mass is 340 g/mol. The molecular weight excluding hydrogens is 316 g/mol. The molecule has 0 saturated heterocycles. The minimum absolute atomic E-state index is 0.0452. The van der Waals surface area contributed by atoms with Crippen molar-refractivity contribution in [3.8, 4) is 11.5 Å². The number of esters is 1. The fourth-order valence-electron chi connectivity index (χ4n) is 2.54. The second-order valence-corrected chi connectivity index (χ2v) is 6.61. The van der Waals surface area contributed by atoms with Crippen LogP contribution in [-0.4, -0.2) is 16.2 Å². The van der Waals surface area contributed by atoms with E-state index in [4.69, 9.17) is 4.74 Å². The third-order valence-electron chi connectivity index (χ3n) is 3.72. The maximum Gasteiger partial charge on any atom is 0.331 e. The Labute approximate surface area is 148 Å². The number of hydrogen-bond donors (Lipinski definition) is 2. The van der Waals surface area contributed by atoms with Crippen LogP contribution in [0, 0.1) is 0 Å². The molecule has 0 unspecified atom stereocenters. The summed E-state index contributed by atoms with van der Waals surface area (Å²) in [6.07, 6.45) is 3.47. The standard InChI is InChI=1S/C21H24O4/c1-13(2)5-8-20(25-21(24)9-14(3)4)16-10-15-6-7-17(22)12-18(15)19(23)11-16/h5-7,9-12,20,22-23H,8H2,1-4H3/t20-/m0/s1. The van der Waals surface area contributed by atoms with Gasteiger partial charge in [0.1, 0.15) is 17.6 Å². The van der Waals surface area contributed by atoms with Crippen LogP contribution in [0.15, 0.2) is 53.6 Å². The molecule has 0 radical (unpaired) electrons. The molecule has 4 nitrogen and oxygen atoms in total. The van der Waals surface area contributed by atoms with Gasteiger partial charge in [0.25, 0.3) is 0 Å². The molecule has 0 heterocycles. The van der Waals surface area contributed by atoms with Crippen molar-refractivity contribution in [3.05, 3.63) is 59.2 Å². The molecule has 132 valence electrons. The first-order valence-corrected chi connectivity index (χ1v) is 8.21. The summed E-state index contributed by atoms with van der Waals surface area (Å²) < 4.78 is 5.61. The summed E-state index contributed by atoms with van der Waals surface area (Å²) in [5, 5.41) is 21.2. The molecule has 2 N–H and O–H groups in total. The second-order valence-electron chi connectivity index (χ2n) is 6.61. The molecule has 0 amide bonds. The van der Waals surface area contributed by atoms with Gasteiger partial charge >= 0.3 is 5.97 Å². The van der Waals surface area contributed by atoms with E-state index >= 15 is 0 Å². The lowest BCUT2D eigenvalue weighted by molar-refractivity contribution is -0.143. The lowest BCUT2D eigenvalue weighted by atomic mass is 9.99. The zero-order chi connectivity index (χ0) is 18.6. The quantitative estimate of drug-likeness (QED) is 0.448. The van der Waals surface area contributed by atoms with Crippen molar-refractivity contribution in [3.63, 3.8) is 0 Å². The molecule has 0 aromatic heterocycles. The van der Waals surface area contributed by atoms with E-state index in [1.165, 1.54) is 12.1 Å². The highest BCUT2D eigenvalue weighted by molar-refractivity contribution is 5.90. The van der Waals surface area contributed by atoms with Gasteiger partial charge in [-0.05, 0) is 62.9 Å². The Morgan fingerprint density at radius 3 is 2.44 bits per heavy atom. The molecule has 25 heavy (non-hydrogen) atoms. The Kier molecular flexibility index (Phi) is 5.86. The van der Waals surface area contributed by atoms with Crippen LogP contribution < -0.4 is 0 Å². The number of phenolic OH excluding ortho intramolecular Hbond substituents is 2. The van der Waals surface area contributed by atoms with Gasteiger partial charge in [0.2, 0.25) is 0 Å². The van der Waals surface area contributed by atoms with Crippen molar-refractivity contribution in [2.45, 2.75) is 40.2 Å². The molecule has 2 rings (SSSR count). The molecule has 0 saturated carbocycles. The normalized spacial score (nSPS) is 11.7. The van der Waals surface area contributed by atoms with Crippen molar-refractivity contribution < 1.29 is 19.7 Å². The minimum Gasteiger partial charge on any atom is -0.508 e. The molecular formula is C21H24O4. The first-order chi connectivity index (χ1) is 11.8.